The number of carboxylic acid groups (broad SMARTS) is 1. The first kappa shape index (κ1) is 13.8. The monoisotopic (exact) mass is 244 g/mol. The lowest BCUT2D eigenvalue weighted by molar-refractivity contribution is -0.138. The quantitative estimate of drug-likeness (QED) is 0.741. The maximum absolute atomic E-state index is 12.1. The zero-order valence-corrected chi connectivity index (χ0v) is 10.3. The number of aliphatic carboxylic acids is 1. The van der Waals surface area contributed by atoms with Crippen LogP contribution < -0.4 is 0 Å². The van der Waals surface area contributed by atoms with Crippen molar-refractivity contribution < 1.29 is 19.8 Å². The van der Waals surface area contributed by atoms with Gasteiger partial charge in [-0.3, -0.25) is 4.79 Å². The summed E-state index contributed by atoms with van der Waals surface area (Å²) in [6.45, 7) is 4.48. The number of hydrogen-bond donors (Lipinski definition) is 2. The maximum Gasteiger partial charge on any atom is 0.323 e. The Morgan fingerprint density at radius 1 is 1.47 bits per heavy atom. The number of rotatable bonds is 4. The molecule has 0 spiro atoms. The van der Waals surface area contributed by atoms with Crippen molar-refractivity contribution in [1.82, 2.24) is 9.80 Å². The molecule has 1 aliphatic heterocycles. The first-order valence-corrected chi connectivity index (χ1v) is 5.84. The predicted octanol–water partition coefficient (Wildman–Crippen LogP) is 0.216. The second-order valence-electron chi connectivity index (χ2n) is 4.68. The van der Waals surface area contributed by atoms with E-state index in [1.54, 1.807) is 18.7 Å². The third-order valence-electron chi connectivity index (χ3n) is 2.99. The van der Waals surface area contributed by atoms with Crippen LogP contribution in [0.1, 0.15) is 20.3 Å². The molecule has 1 saturated heterocycles. The van der Waals surface area contributed by atoms with Crippen LogP contribution in [0.5, 0.6) is 0 Å². The number of carbonyl (C=O) groups excluding carboxylic acids is 1. The Labute approximate surface area is 101 Å². The molecule has 1 fully saturated rings. The van der Waals surface area contributed by atoms with Gasteiger partial charge in [0.2, 0.25) is 0 Å². The van der Waals surface area contributed by atoms with Crippen LogP contribution in [0.25, 0.3) is 0 Å². The van der Waals surface area contributed by atoms with E-state index in [4.69, 9.17) is 10.2 Å². The fourth-order valence-electron chi connectivity index (χ4n) is 1.95. The molecule has 1 heterocycles. The van der Waals surface area contributed by atoms with Crippen molar-refractivity contribution in [2.24, 2.45) is 5.92 Å². The van der Waals surface area contributed by atoms with Crippen LogP contribution in [-0.2, 0) is 4.79 Å². The Balaban J connectivity index is 2.62. The number of amides is 2. The molecule has 2 N–H and O–H groups in total. The molecule has 1 atom stereocenters. The van der Waals surface area contributed by atoms with Crippen molar-refractivity contribution in [2.45, 2.75) is 26.3 Å². The summed E-state index contributed by atoms with van der Waals surface area (Å²) < 4.78 is 0. The Bertz CT molecular complexity index is 293. The largest absolute Gasteiger partial charge is 0.480 e. The summed E-state index contributed by atoms with van der Waals surface area (Å²) in [5.74, 6) is -0.886. The topological polar surface area (TPSA) is 81.1 Å². The molecule has 17 heavy (non-hydrogen) atoms. The number of hydrogen-bond acceptors (Lipinski definition) is 3. The van der Waals surface area contributed by atoms with Gasteiger partial charge in [0.1, 0.15) is 6.54 Å². The second kappa shape index (κ2) is 5.86. The van der Waals surface area contributed by atoms with Crippen LogP contribution in [0.2, 0.25) is 0 Å². The van der Waals surface area contributed by atoms with Crippen molar-refractivity contribution in [3.63, 3.8) is 0 Å². The zero-order valence-electron chi connectivity index (χ0n) is 10.3. The van der Waals surface area contributed by atoms with Crippen molar-refractivity contribution in [1.29, 1.82) is 0 Å². The van der Waals surface area contributed by atoms with E-state index in [2.05, 4.69) is 0 Å². The average molecular weight is 244 g/mol. The highest BCUT2D eigenvalue weighted by atomic mass is 16.4. The summed E-state index contributed by atoms with van der Waals surface area (Å²) in [6, 6.07) is -0.398. The molecule has 2 amide bonds. The van der Waals surface area contributed by atoms with Gasteiger partial charge in [0.25, 0.3) is 0 Å². The van der Waals surface area contributed by atoms with E-state index in [1.807, 2.05) is 0 Å². The summed E-state index contributed by atoms with van der Waals surface area (Å²) in [5.41, 5.74) is 0. The number of aliphatic hydroxyl groups is 1. The van der Waals surface area contributed by atoms with E-state index in [9.17, 15) is 9.59 Å². The highest BCUT2D eigenvalue weighted by Crippen LogP contribution is 2.17. The molecule has 0 aliphatic carbocycles. The number of likely N-dealkylation sites (tertiary alicyclic amines) is 1. The van der Waals surface area contributed by atoms with E-state index in [0.717, 1.165) is 6.42 Å². The molecule has 0 saturated carbocycles. The first-order valence-electron chi connectivity index (χ1n) is 5.84. The molecule has 98 valence electrons. The van der Waals surface area contributed by atoms with Gasteiger partial charge in [-0.25, -0.2) is 4.79 Å². The van der Waals surface area contributed by atoms with E-state index < -0.39 is 5.97 Å². The van der Waals surface area contributed by atoms with Crippen molar-refractivity contribution in [3.05, 3.63) is 0 Å². The van der Waals surface area contributed by atoms with Crippen molar-refractivity contribution >= 4 is 12.0 Å². The minimum Gasteiger partial charge on any atom is -0.480 e. The van der Waals surface area contributed by atoms with Gasteiger partial charge < -0.3 is 20.0 Å². The number of carbonyl (C=O) groups is 2. The lowest BCUT2D eigenvalue weighted by Crippen LogP contribution is -2.47. The lowest BCUT2D eigenvalue weighted by atomic mass is 10.1. The Morgan fingerprint density at radius 2 is 2.12 bits per heavy atom. The van der Waals surface area contributed by atoms with Gasteiger partial charge in [0.15, 0.2) is 0 Å². The molecule has 0 aromatic rings. The molecule has 1 rings (SSSR count). The highest BCUT2D eigenvalue weighted by Gasteiger charge is 2.30. The van der Waals surface area contributed by atoms with Crippen LogP contribution in [-0.4, -0.2) is 64.3 Å². The molecule has 6 nitrogen and oxygen atoms in total. The number of nitrogens with zero attached hydrogens (tertiary/aromatic N) is 2. The fraction of sp³-hybridized carbons (Fsp3) is 0.818. The normalized spacial score (nSPS) is 19.8. The van der Waals surface area contributed by atoms with Gasteiger partial charge in [-0.1, -0.05) is 0 Å². The first-order chi connectivity index (χ1) is 7.95. The van der Waals surface area contributed by atoms with Crippen LogP contribution in [0.3, 0.4) is 0 Å². The van der Waals surface area contributed by atoms with E-state index in [-0.39, 0.29) is 31.1 Å². The standard InChI is InChI=1S/C11H20N2O4/c1-8(2)13(6-10(15)16)11(17)12-4-3-9(5-12)7-14/h8-9,14H,3-7H2,1-2H3,(H,15,16). The molecular weight excluding hydrogens is 224 g/mol. The van der Waals surface area contributed by atoms with Gasteiger partial charge in [0.05, 0.1) is 0 Å². The molecule has 0 bridgehead atoms. The minimum atomic E-state index is -1.01. The summed E-state index contributed by atoms with van der Waals surface area (Å²) >= 11 is 0. The van der Waals surface area contributed by atoms with E-state index in [1.165, 1.54) is 4.90 Å². The van der Waals surface area contributed by atoms with Crippen LogP contribution >= 0.6 is 0 Å². The average Bonchev–Trinajstić information content (AvgIpc) is 2.72. The smallest absolute Gasteiger partial charge is 0.323 e. The Kier molecular flexibility index (Phi) is 4.74. The Hall–Kier alpha value is -1.30. The molecule has 1 unspecified atom stereocenters. The molecule has 1 aliphatic rings. The summed E-state index contributed by atoms with van der Waals surface area (Å²) in [6.07, 6.45) is 0.779. The molecule has 0 radical (unpaired) electrons. The van der Waals surface area contributed by atoms with Gasteiger partial charge in [0, 0.05) is 31.7 Å². The number of aliphatic hydroxyl groups excluding tert-OH is 1. The van der Waals surface area contributed by atoms with Crippen LogP contribution in [0.4, 0.5) is 4.79 Å². The maximum atomic E-state index is 12.1. The van der Waals surface area contributed by atoms with Gasteiger partial charge >= 0.3 is 12.0 Å². The summed E-state index contributed by atoms with van der Waals surface area (Å²) in [7, 11) is 0. The summed E-state index contributed by atoms with van der Waals surface area (Å²) in [4.78, 5) is 25.7. The SMILES string of the molecule is CC(C)N(CC(=O)O)C(=O)N1CCC(CO)C1. The van der Waals surface area contributed by atoms with Gasteiger partial charge in [-0.15, -0.1) is 0 Å². The molecule has 0 aromatic carbocycles. The molecule has 6 heteroatoms. The third kappa shape index (κ3) is 3.59. The Morgan fingerprint density at radius 3 is 2.53 bits per heavy atom. The molecule has 0 aromatic heterocycles. The van der Waals surface area contributed by atoms with E-state index >= 15 is 0 Å². The predicted molar refractivity (Wildman–Crippen MR) is 61.6 cm³/mol. The van der Waals surface area contributed by atoms with Crippen LogP contribution in [0, 0.1) is 5.92 Å². The van der Waals surface area contributed by atoms with Gasteiger partial charge in [-0.05, 0) is 20.3 Å². The minimum absolute atomic E-state index is 0.0738. The van der Waals surface area contributed by atoms with Crippen molar-refractivity contribution in [2.75, 3.05) is 26.2 Å². The lowest BCUT2D eigenvalue weighted by Gasteiger charge is -2.29. The van der Waals surface area contributed by atoms with Gasteiger partial charge in [-0.2, -0.15) is 0 Å². The third-order valence-corrected chi connectivity index (χ3v) is 2.99. The van der Waals surface area contributed by atoms with Crippen molar-refractivity contribution in [3.8, 4) is 0 Å². The van der Waals surface area contributed by atoms with Crippen LogP contribution in [0.15, 0.2) is 0 Å². The fourth-order valence-corrected chi connectivity index (χ4v) is 1.95. The number of urea groups is 1. The summed E-state index contributed by atoms with van der Waals surface area (Å²) in [5, 5.41) is 17.8. The second-order valence-corrected chi connectivity index (χ2v) is 4.68. The van der Waals surface area contributed by atoms with E-state index in [0.29, 0.717) is 13.1 Å². The zero-order chi connectivity index (χ0) is 13.0. The molecular formula is C11H20N2O4. The number of carboxylic acids is 1. The highest BCUT2D eigenvalue weighted by molar-refractivity contribution is 5.80.